The van der Waals surface area contributed by atoms with Gasteiger partial charge < -0.3 is 10.0 Å². The summed E-state index contributed by atoms with van der Waals surface area (Å²) in [5.74, 6) is -0.0262. The van der Waals surface area contributed by atoms with E-state index in [0.717, 1.165) is 19.4 Å². The number of phenolic OH excluding ortho intramolecular Hbond substituents is 1. The lowest BCUT2D eigenvalue weighted by molar-refractivity contribution is 0.223. The van der Waals surface area contributed by atoms with Crippen LogP contribution in [0.3, 0.4) is 0 Å². The van der Waals surface area contributed by atoms with Crippen LogP contribution in [0.1, 0.15) is 32.1 Å². The number of nitrogens with zero attached hydrogens (tertiary/aromatic N) is 2. The number of piperidine rings is 1. The summed E-state index contributed by atoms with van der Waals surface area (Å²) in [6.07, 6.45) is 5.72. The van der Waals surface area contributed by atoms with E-state index in [0.29, 0.717) is 17.4 Å². The number of aromatic amines is 1. The highest BCUT2D eigenvalue weighted by Crippen LogP contribution is 2.20. The largest absolute Gasteiger partial charge is 0.506 e. The molecule has 2 heterocycles. The van der Waals surface area contributed by atoms with E-state index in [-0.39, 0.29) is 5.75 Å². The van der Waals surface area contributed by atoms with Crippen molar-refractivity contribution in [3.8, 4) is 5.75 Å². The number of para-hydroxylation sites is 1. The molecular weight excluding hydrogens is 294 g/mol. The Morgan fingerprint density at radius 3 is 2.57 bits per heavy atom. The summed E-state index contributed by atoms with van der Waals surface area (Å²) in [6.45, 7) is 3.88. The molecule has 6 heteroatoms. The Balaban J connectivity index is 1.72. The molecular formula is C17H23N3O3. The molecule has 6 nitrogen and oxygen atoms in total. The fourth-order valence-electron chi connectivity index (χ4n) is 3.33. The molecule has 3 rings (SSSR count). The third-order valence-electron chi connectivity index (χ3n) is 4.55. The van der Waals surface area contributed by atoms with Gasteiger partial charge in [0.2, 0.25) is 0 Å². The van der Waals surface area contributed by atoms with E-state index in [4.69, 9.17) is 0 Å². The van der Waals surface area contributed by atoms with Gasteiger partial charge in [-0.15, -0.1) is 0 Å². The predicted octanol–water partition coefficient (Wildman–Crippen LogP) is 1.66. The molecule has 0 amide bonds. The number of aryl methyl sites for hydroxylation is 1. The second-order valence-corrected chi connectivity index (χ2v) is 6.19. The van der Waals surface area contributed by atoms with Gasteiger partial charge in [0.05, 0.1) is 5.39 Å². The van der Waals surface area contributed by atoms with E-state index in [2.05, 4.69) is 9.88 Å². The van der Waals surface area contributed by atoms with Crippen molar-refractivity contribution >= 4 is 10.9 Å². The van der Waals surface area contributed by atoms with Crippen LogP contribution in [0, 0.1) is 0 Å². The zero-order valence-corrected chi connectivity index (χ0v) is 13.3. The smallest absolute Gasteiger partial charge is 0.328 e. The van der Waals surface area contributed by atoms with Crippen LogP contribution in [0.2, 0.25) is 0 Å². The van der Waals surface area contributed by atoms with Gasteiger partial charge in [0, 0.05) is 6.54 Å². The minimum absolute atomic E-state index is 0.0262. The van der Waals surface area contributed by atoms with Crippen molar-refractivity contribution < 1.29 is 5.11 Å². The Hall–Kier alpha value is -2.08. The molecule has 2 aromatic rings. The van der Waals surface area contributed by atoms with Crippen LogP contribution in [0.5, 0.6) is 5.75 Å². The molecule has 0 radical (unpaired) electrons. The van der Waals surface area contributed by atoms with Gasteiger partial charge in [0.1, 0.15) is 11.3 Å². The standard InChI is InChI=1S/C17H23N3O3/c21-14-8-6-7-13-15(14)20(17(23)18-16(13)22)12-5-4-11-19-9-2-1-3-10-19/h6-8,21H,1-5,9-12H2,(H,18,22,23). The molecule has 1 fully saturated rings. The fraction of sp³-hybridized carbons (Fsp3) is 0.529. The van der Waals surface area contributed by atoms with E-state index in [1.165, 1.54) is 43.0 Å². The Morgan fingerprint density at radius 1 is 1.04 bits per heavy atom. The molecule has 124 valence electrons. The quantitative estimate of drug-likeness (QED) is 0.822. The van der Waals surface area contributed by atoms with Crippen molar-refractivity contribution in [3.63, 3.8) is 0 Å². The summed E-state index contributed by atoms with van der Waals surface area (Å²) in [6, 6.07) is 4.74. The molecule has 0 atom stereocenters. The highest BCUT2D eigenvalue weighted by atomic mass is 16.3. The van der Waals surface area contributed by atoms with Gasteiger partial charge in [-0.05, 0) is 57.5 Å². The molecule has 0 bridgehead atoms. The maximum absolute atomic E-state index is 12.1. The van der Waals surface area contributed by atoms with Gasteiger partial charge in [0.15, 0.2) is 0 Å². The summed E-state index contributed by atoms with van der Waals surface area (Å²) in [5.41, 5.74) is -0.577. The summed E-state index contributed by atoms with van der Waals surface area (Å²) < 4.78 is 1.47. The number of aromatic hydroxyl groups is 1. The first-order valence-corrected chi connectivity index (χ1v) is 8.34. The lowest BCUT2D eigenvalue weighted by atomic mass is 10.1. The third-order valence-corrected chi connectivity index (χ3v) is 4.55. The Kier molecular flexibility index (Phi) is 4.81. The van der Waals surface area contributed by atoms with Gasteiger partial charge in [-0.1, -0.05) is 12.5 Å². The lowest BCUT2D eigenvalue weighted by Gasteiger charge is -2.26. The zero-order chi connectivity index (χ0) is 16.2. The highest BCUT2D eigenvalue weighted by Gasteiger charge is 2.12. The molecule has 0 spiro atoms. The molecule has 1 saturated heterocycles. The second-order valence-electron chi connectivity index (χ2n) is 6.19. The molecule has 0 aliphatic carbocycles. The predicted molar refractivity (Wildman–Crippen MR) is 90.0 cm³/mol. The average Bonchev–Trinajstić information content (AvgIpc) is 2.55. The van der Waals surface area contributed by atoms with Crippen LogP contribution in [-0.4, -0.2) is 39.2 Å². The molecule has 2 N–H and O–H groups in total. The fourth-order valence-corrected chi connectivity index (χ4v) is 3.33. The van der Waals surface area contributed by atoms with Crippen molar-refractivity contribution in [1.82, 2.24) is 14.5 Å². The molecule has 0 saturated carbocycles. The van der Waals surface area contributed by atoms with E-state index >= 15 is 0 Å². The number of phenols is 1. The zero-order valence-electron chi connectivity index (χ0n) is 13.3. The van der Waals surface area contributed by atoms with E-state index in [1.54, 1.807) is 12.1 Å². The van der Waals surface area contributed by atoms with E-state index < -0.39 is 11.2 Å². The topological polar surface area (TPSA) is 78.3 Å². The summed E-state index contributed by atoms with van der Waals surface area (Å²) in [4.78, 5) is 28.7. The van der Waals surface area contributed by atoms with Crippen LogP contribution < -0.4 is 11.2 Å². The molecule has 1 aliphatic rings. The Morgan fingerprint density at radius 2 is 1.78 bits per heavy atom. The summed E-state index contributed by atoms with van der Waals surface area (Å²) in [7, 11) is 0. The van der Waals surface area contributed by atoms with Crippen molar-refractivity contribution in [2.75, 3.05) is 19.6 Å². The first kappa shape index (κ1) is 15.8. The minimum Gasteiger partial charge on any atom is -0.506 e. The maximum Gasteiger partial charge on any atom is 0.328 e. The number of fused-ring (bicyclic) bond motifs is 1. The maximum atomic E-state index is 12.1. The van der Waals surface area contributed by atoms with Crippen molar-refractivity contribution in [2.24, 2.45) is 0 Å². The summed E-state index contributed by atoms with van der Waals surface area (Å²) in [5, 5.41) is 10.4. The lowest BCUT2D eigenvalue weighted by Crippen LogP contribution is -2.32. The minimum atomic E-state index is -0.457. The molecule has 1 aromatic carbocycles. The van der Waals surface area contributed by atoms with Gasteiger partial charge in [0.25, 0.3) is 5.56 Å². The van der Waals surface area contributed by atoms with Crippen LogP contribution in [0.4, 0.5) is 0 Å². The number of rotatable bonds is 5. The normalized spacial score (nSPS) is 16.0. The molecule has 23 heavy (non-hydrogen) atoms. The number of H-pyrrole nitrogens is 1. The number of benzene rings is 1. The van der Waals surface area contributed by atoms with Gasteiger partial charge in [-0.25, -0.2) is 4.79 Å². The number of aromatic nitrogens is 2. The monoisotopic (exact) mass is 317 g/mol. The number of likely N-dealkylation sites (tertiary alicyclic amines) is 1. The van der Waals surface area contributed by atoms with Crippen LogP contribution in [-0.2, 0) is 6.54 Å². The molecule has 0 unspecified atom stereocenters. The van der Waals surface area contributed by atoms with Crippen LogP contribution in [0.15, 0.2) is 27.8 Å². The number of unbranched alkanes of at least 4 members (excludes halogenated alkanes) is 1. The van der Waals surface area contributed by atoms with Gasteiger partial charge in [-0.2, -0.15) is 0 Å². The summed E-state index contributed by atoms with van der Waals surface area (Å²) >= 11 is 0. The Bertz CT molecular complexity index is 788. The average molecular weight is 317 g/mol. The van der Waals surface area contributed by atoms with Crippen LogP contribution >= 0.6 is 0 Å². The molecule has 1 aromatic heterocycles. The highest BCUT2D eigenvalue weighted by molar-refractivity contribution is 5.83. The first-order valence-electron chi connectivity index (χ1n) is 8.34. The van der Waals surface area contributed by atoms with Crippen molar-refractivity contribution in [3.05, 3.63) is 39.0 Å². The van der Waals surface area contributed by atoms with Crippen molar-refractivity contribution in [2.45, 2.75) is 38.6 Å². The van der Waals surface area contributed by atoms with Crippen LogP contribution in [0.25, 0.3) is 10.9 Å². The molecule has 1 aliphatic heterocycles. The van der Waals surface area contributed by atoms with E-state index in [9.17, 15) is 14.7 Å². The Labute approximate surface area is 134 Å². The first-order chi connectivity index (χ1) is 11.2. The van der Waals surface area contributed by atoms with E-state index in [1.807, 2.05) is 0 Å². The van der Waals surface area contributed by atoms with Gasteiger partial charge in [-0.3, -0.25) is 14.3 Å². The SMILES string of the molecule is O=c1[nH]c(=O)n(CCCCN2CCCCC2)c2c(O)cccc12. The number of hydrogen-bond acceptors (Lipinski definition) is 4. The van der Waals surface area contributed by atoms with Crippen molar-refractivity contribution in [1.29, 1.82) is 0 Å². The second kappa shape index (κ2) is 7.00. The number of hydrogen-bond donors (Lipinski definition) is 2. The number of nitrogens with one attached hydrogen (secondary N) is 1. The third kappa shape index (κ3) is 3.47. The van der Waals surface area contributed by atoms with Gasteiger partial charge >= 0.3 is 5.69 Å².